The zero-order chi connectivity index (χ0) is 29.9. The maximum Gasteiger partial charge on any atom is 0.514 e. The van der Waals surface area contributed by atoms with Crippen LogP contribution in [0, 0.1) is 5.92 Å². The fourth-order valence-corrected chi connectivity index (χ4v) is 3.38. The molecule has 0 aliphatic rings. The van der Waals surface area contributed by atoms with E-state index in [4.69, 9.17) is 34.2 Å². The molecule has 5 unspecified atom stereocenters. The van der Waals surface area contributed by atoms with Crippen LogP contribution >= 0.6 is 0 Å². The van der Waals surface area contributed by atoms with Crippen LogP contribution in [-0.2, 0) is 23.7 Å². The van der Waals surface area contributed by atoms with Crippen LogP contribution in [0.4, 0.5) is 14.4 Å². The Morgan fingerprint density at radius 3 is 1.74 bits per heavy atom. The molecule has 0 saturated carbocycles. The highest BCUT2D eigenvalue weighted by atomic mass is 16.8. The Hall–Kier alpha value is -3.54. The van der Waals surface area contributed by atoms with Gasteiger partial charge in [0.15, 0.2) is 11.5 Å². The minimum atomic E-state index is -1.44. The fraction of sp³-hybridized carbons (Fsp3) is 0.630. The van der Waals surface area contributed by atoms with Gasteiger partial charge in [-0.3, -0.25) is 4.79 Å². The largest absolute Gasteiger partial charge is 0.514 e. The molecule has 0 spiro atoms. The molecule has 3 N–H and O–H groups in total. The van der Waals surface area contributed by atoms with E-state index in [-0.39, 0.29) is 11.5 Å². The second kappa shape index (κ2) is 15.8. The number of carboxylic acids is 1. The summed E-state index contributed by atoms with van der Waals surface area (Å²) in [6.07, 6.45) is -3.99. The monoisotopic (exact) mass is 555 g/mol. The highest BCUT2D eigenvalue weighted by molar-refractivity contribution is 5.75. The van der Waals surface area contributed by atoms with E-state index >= 15 is 0 Å². The van der Waals surface area contributed by atoms with Crippen molar-refractivity contribution in [1.29, 1.82) is 0 Å². The van der Waals surface area contributed by atoms with Gasteiger partial charge in [0.05, 0.1) is 6.10 Å². The first-order valence-electron chi connectivity index (χ1n) is 13.0. The lowest BCUT2D eigenvalue weighted by atomic mass is 9.79. The Balaban J connectivity index is 3.44. The molecule has 1 aromatic rings. The summed E-state index contributed by atoms with van der Waals surface area (Å²) in [4.78, 5) is 48.6. The van der Waals surface area contributed by atoms with Gasteiger partial charge in [-0.25, -0.2) is 14.4 Å². The summed E-state index contributed by atoms with van der Waals surface area (Å²) in [6.45, 7) is 13.6. The molecule has 0 heterocycles. The number of carbonyl (C=O) groups excluding carboxylic acids is 3. The van der Waals surface area contributed by atoms with Crippen molar-refractivity contribution in [3.05, 3.63) is 23.8 Å². The summed E-state index contributed by atoms with van der Waals surface area (Å²) in [5.41, 5.74) is 6.38. The van der Waals surface area contributed by atoms with Gasteiger partial charge in [-0.15, -0.1) is 0 Å². The Morgan fingerprint density at radius 1 is 0.769 bits per heavy atom. The Kier molecular flexibility index (Phi) is 13.5. The van der Waals surface area contributed by atoms with Crippen LogP contribution in [0.25, 0.3) is 0 Å². The molecular formula is C27H41NO11. The standard InChI is InChI=1S/C27H41NO11/c1-9-15(5)35-26(32)38-20-12-11-19(13-21(20)39-27(33)36-16(6)10-2)22(23(28)24(29)30)17(7)18(8)37-25(31)34-14(3)4/h11-18,22-23H,9-10,28H2,1-8H3,(H,29,30)/t15?,16?,17?,18?,22?,23-/m0/s1. The first-order chi connectivity index (χ1) is 18.2. The summed E-state index contributed by atoms with van der Waals surface area (Å²) in [7, 11) is 0. The lowest BCUT2D eigenvalue weighted by Crippen LogP contribution is -2.42. The van der Waals surface area contributed by atoms with Crippen molar-refractivity contribution >= 4 is 24.4 Å². The Morgan fingerprint density at radius 2 is 1.28 bits per heavy atom. The lowest BCUT2D eigenvalue weighted by Gasteiger charge is -2.31. The minimum absolute atomic E-state index is 0.159. The van der Waals surface area contributed by atoms with E-state index in [1.165, 1.54) is 18.2 Å². The molecule has 0 aromatic heterocycles. The predicted molar refractivity (Wildman–Crippen MR) is 140 cm³/mol. The van der Waals surface area contributed by atoms with Crippen molar-refractivity contribution in [3.8, 4) is 11.5 Å². The predicted octanol–water partition coefficient (Wildman–Crippen LogP) is 5.40. The van der Waals surface area contributed by atoms with Gasteiger partial charge in [0.25, 0.3) is 0 Å². The number of aliphatic carboxylic acids is 1. The first kappa shape index (κ1) is 33.5. The van der Waals surface area contributed by atoms with E-state index < -0.39 is 66.7 Å². The van der Waals surface area contributed by atoms with Gasteiger partial charge in [-0.2, -0.15) is 0 Å². The molecule has 0 fully saturated rings. The van der Waals surface area contributed by atoms with Gasteiger partial charge in [0, 0.05) is 11.8 Å². The number of rotatable bonds is 13. The van der Waals surface area contributed by atoms with E-state index in [2.05, 4.69) is 0 Å². The van der Waals surface area contributed by atoms with Gasteiger partial charge in [-0.1, -0.05) is 26.8 Å². The normalized spacial score (nSPS) is 15.6. The van der Waals surface area contributed by atoms with Crippen LogP contribution in [-0.4, -0.2) is 60.0 Å². The fourth-order valence-electron chi connectivity index (χ4n) is 3.38. The van der Waals surface area contributed by atoms with E-state index in [9.17, 15) is 24.3 Å². The highest BCUT2D eigenvalue weighted by Crippen LogP contribution is 2.37. The average Bonchev–Trinajstić information content (AvgIpc) is 2.84. The number of nitrogens with two attached hydrogens (primary N) is 1. The van der Waals surface area contributed by atoms with Gasteiger partial charge in [-0.05, 0) is 65.2 Å². The summed E-state index contributed by atoms with van der Waals surface area (Å²) in [5.74, 6) is -3.26. The molecule has 12 nitrogen and oxygen atoms in total. The van der Waals surface area contributed by atoms with Crippen LogP contribution in [0.5, 0.6) is 11.5 Å². The summed E-state index contributed by atoms with van der Waals surface area (Å²) < 4.78 is 31.3. The Bertz CT molecular complexity index is 980. The first-order valence-corrected chi connectivity index (χ1v) is 13.0. The molecule has 0 bridgehead atoms. The molecule has 6 atom stereocenters. The Labute approximate surface area is 229 Å². The highest BCUT2D eigenvalue weighted by Gasteiger charge is 2.36. The second-order valence-electron chi connectivity index (χ2n) is 9.57. The smallest absolute Gasteiger partial charge is 0.480 e. The molecule has 0 saturated heterocycles. The lowest BCUT2D eigenvalue weighted by molar-refractivity contribution is -0.139. The van der Waals surface area contributed by atoms with E-state index in [0.29, 0.717) is 18.4 Å². The number of carboxylic acid groups (broad SMARTS) is 1. The number of benzene rings is 1. The third-order valence-electron chi connectivity index (χ3n) is 6.08. The molecule has 0 aliphatic heterocycles. The zero-order valence-electron chi connectivity index (χ0n) is 23.8. The van der Waals surface area contributed by atoms with Crippen LogP contribution in [0.2, 0.25) is 0 Å². The number of hydrogen-bond donors (Lipinski definition) is 2. The van der Waals surface area contributed by atoms with Crippen molar-refractivity contribution in [2.75, 3.05) is 0 Å². The van der Waals surface area contributed by atoms with Crippen LogP contribution in [0.3, 0.4) is 0 Å². The average molecular weight is 556 g/mol. The van der Waals surface area contributed by atoms with Gasteiger partial charge < -0.3 is 39.3 Å². The third-order valence-corrected chi connectivity index (χ3v) is 6.08. The van der Waals surface area contributed by atoms with Gasteiger partial charge >= 0.3 is 24.4 Å². The van der Waals surface area contributed by atoms with Crippen molar-refractivity contribution in [2.24, 2.45) is 11.7 Å². The molecule has 0 amide bonds. The number of ether oxygens (including phenoxy) is 6. The third kappa shape index (κ3) is 11.0. The minimum Gasteiger partial charge on any atom is -0.480 e. The molecule has 39 heavy (non-hydrogen) atoms. The SMILES string of the molecule is CCC(C)OC(=O)Oc1ccc(C(C(C)C(C)OC(=O)OC(C)C)[C@H](N)C(=O)O)cc1OC(=O)OC(C)CC. The van der Waals surface area contributed by atoms with E-state index in [0.717, 1.165) is 0 Å². The van der Waals surface area contributed by atoms with E-state index in [1.54, 1.807) is 41.5 Å². The summed E-state index contributed by atoms with van der Waals surface area (Å²) >= 11 is 0. The molecule has 12 heteroatoms. The summed E-state index contributed by atoms with van der Waals surface area (Å²) in [6, 6.07) is 2.69. The van der Waals surface area contributed by atoms with Crippen LogP contribution < -0.4 is 15.2 Å². The van der Waals surface area contributed by atoms with E-state index in [1.807, 2.05) is 13.8 Å². The maximum atomic E-state index is 12.4. The second-order valence-corrected chi connectivity index (χ2v) is 9.57. The molecule has 0 aliphatic carbocycles. The van der Waals surface area contributed by atoms with Crippen molar-refractivity contribution in [3.63, 3.8) is 0 Å². The van der Waals surface area contributed by atoms with Crippen molar-refractivity contribution in [1.82, 2.24) is 0 Å². The topological polar surface area (TPSA) is 170 Å². The van der Waals surface area contributed by atoms with Crippen molar-refractivity contribution < 1.29 is 52.7 Å². The molecular weight excluding hydrogens is 514 g/mol. The quantitative estimate of drug-likeness (QED) is 0.181. The van der Waals surface area contributed by atoms with Gasteiger partial charge in [0.1, 0.15) is 24.4 Å². The number of carbonyl (C=O) groups is 4. The molecule has 1 rings (SSSR count). The summed E-state index contributed by atoms with van der Waals surface area (Å²) in [5, 5.41) is 9.72. The maximum absolute atomic E-state index is 12.4. The molecule has 220 valence electrons. The van der Waals surface area contributed by atoms with Gasteiger partial charge in [0.2, 0.25) is 0 Å². The van der Waals surface area contributed by atoms with Crippen LogP contribution in [0.1, 0.15) is 79.7 Å². The number of hydrogen-bond acceptors (Lipinski definition) is 11. The zero-order valence-corrected chi connectivity index (χ0v) is 23.8. The molecule has 1 aromatic carbocycles. The van der Waals surface area contributed by atoms with Crippen molar-refractivity contribution in [2.45, 2.75) is 105 Å². The molecule has 0 radical (unpaired) electrons. The van der Waals surface area contributed by atoms with Crippen LogP contribution in [0.15, 0.2) is 18.2 Å².